The monoisotopic (exact) mass is 240 g/mol. The van der Waals surface area contributed by atoms with Crippen LogP contribution >= 0.6 is 0 Å². The van der Waals surface area contributed by atoms with E-state index in [1.54, 1.807) is 12.4 Å². The molecule has 2 rings (SSSR count). The quantitative estimate of drug-likeness (QED) is 0.819. The second-order valence-electron chi connectivity index (χ2n) is 4.11. The molecule has 92 valence electrons. The molecule has 1 N–H and O–H groups in total. The molecular formula is C14H16N4. The van der Waals surface area contributed by atoms with Gasteiger partial charge in [-0.05, 0) is 49.2 Å². The number of hydrogen-bond acceptors (Lipinski definition) is 4. The Labute approximate surface area is 107 Å². The maximum Gasteiger partial charge on any atom is 0.0916 e. The van der Waals surface area contributed by atoms with Gasteiger partial charge in [-0.2, -0.15) is 10.2 Å². The smallest absolute Gasteiger partial charge is 0.0916 e. The average molecular weight is 240 g/mol. The Morgan fingerprint density at radius 3 is 2.56 bits per heavy atom. The Balaban J connectivity index is 2.24. The summed E-state index contributed by atoms with van der Waals surface area (Å²) in [6.07, 6.45) is 3.50. The van der Waals surface area contributed by atoms with Crippen LogP contribution in [0.25, 0.3) is 0 Å². The van der Waals surface area contributed by atoms with Crippen molar-refractivity contribution in [1.82, 2.24) is 4.98 Å². The molecule has 1 heterocycles. The number of nitrogens with one attached hydrogen (secondary N) is 1. The molecule has 4 nitrogen and oxygen atoms in total. The minimum Gasteiger partial charge on any atom is -0.388 e. The molecule has 0 spiro atoms. The second-order valence-corrected chi connectivity index (χ2v) is 4.11. The maximum absolute atomic E-state index is 4.24. The predicted octanol–water partition coefficient (Wildman–Crippen LogP) is 4.16. The number of benzene rings is 1. The molecule has 0 radical (unpaired) electrons. The average Bonchev–Trinajstić information content (AvgIpc) is 2.38. The van der Waals surface area contributed by atoms with Crippen molar-refractivity contribution >= 4 is 17.1 Å². The Kier molecular flexibility index (Phi) is 3.67. The molecule has 0 aliphatic rings. The highest BCUT2D eigenvalue weighted by Crippen LogP contribution is 2.24. The number of aryl methyl sites for hydroxylation is 2. The molecule has 4 heteroatoms. The van der Waals surface area contributed by atoms with Gasteiger partial charge in [0.2, 0.25) is 0 Å². The zero-order chi connectivity index (χ0) is 13.0. The largest absolute Gasteiger partial charge is 0.388 e. The summed E-state index contributed by atoms with van der Waals surface area (Å²) in [5.41, 5.74) is 4.97. The van der Waals surface area contributed by atoms with Crippen LogP contribution in [0.1, 0.15) is 11.1 Å². The fourth-order valence-corrected chi connectivity index (χ4v) is 1.68. The standard InChI is InChI=1S/C14H16N4/c1-10-8-12(4-5-13(10)15-3)17-18-14-6-7-16-9-11(14)2/h4-9,15H,1-3H3. The Bertz CT molecular complexity index is 576. The van der Waals surface area contributed by atoms with Crippen LogP contribution in [0, 0.1) is 13.8 Å². The zero-order valence-corrected chi connectivity index (χ0v) is 10.8. The fraction of sp³-hybridized carbons (Fsp3) is 0.214. The third-order valence-corrected chi connectivity index (χ3v) is 2.74. The van der Waals surface area contributed by atoms with Gasteiger partial charge in [0.15, 0.2) is 0 Å². The van der Waals surface area contributed by atoms with Crippen LogP contribution in [0.2, 0.25) is 0 Å². The Morgan fingerprint density at radius 2 is 1.89 bits per heavy atom. The van der Waals surface area contributed by atoms with Gasteiger partial charge in [0.1, 0.15) is 0 Å². The summed E-state index contributed by atoms with van der Waals surface area (Å²) in [7, 11) is 1.91. The van der Waals surface area contributed by atoms with E-state index in [-0.39, 0.29) is 0 Å². The van der Waals surface area contributed by atoms with E-state index < -0.39 is 0 Å². The van der Waals surface area contributed by atoms with Crippen LogP contribution in [-0.4, -0.2) is 12.0 Å². The summed E-state index contributed by atoms with van der Waals surface area (Å²) >= 11 is 0. The summed E-state index contributed by atoms with van der Waals surface area (Å²) in [5, 5.41) is 11.6. The molecule has 2 aromatic rings. The first-order chi connectivity index (χ1) is 8.70. The summed E-state index contributed by atoms with van der Waals surface area (Å²) in [5.74, 6) is 0. The van der Waals surface area contributed by atoms with Crippen molar-refractivity contribution in [1.29, 1.82) is 0 Å². The maximum atomic E-state index is 4.24. The van der Waals surface area contributed by atoms with Crippen LogP contribution in [0.3, 0.4) is 0 Å². The molecule has 0 fully saturated rings. The summed E-state index contributed by atoms with van der Waals surface area (Å²) in [6.45, 7) is 4.01. The third-order valence-electron chi connectivity index (χ3n) is 2.74. The number of aromatic nitrogens is 1. The molecule has 0 amide bonds. The number of rotatable bonds is 3. The lowest BCUT2D eigenvalue weighted by molar-refractivity contribution is 1.17. The number of hydrogen-bond donors (Lipinski definition) is 1. The van der Waals surface area contributed by atoms with Crippen molar-refractivity contribution in [3.63, 3.8) is 0 Å². The van der Waals surface area contributed by atoms with Crippen LogP contribution in [0.5, 0.6) is 0 Å². The second kappa shape index (κ2) is 5.40. The number of anilines is 1. The zero-order valence-electron chi connectivity index (χ0n) is 10.8. The summed E-state index contributed by atoms with van der Waals surface area (Å²) in [4.78, 5) is 4.03. The van der Waals surface area contributed by atoms with Gasteiger partial charge in [0.05, 0.1) is 11.4 Å². The van der Waals surface area contributed by atoms with E-state index in [2.05, 4.69) is 20.5 Å². The molecule has 0 saturated heterocycles. The van der Waals surface area contributed by atoms with E-state index in [1.807, 2.05) is 45.2 Å². The van der Waals surface area contributed by atoms with Gasteiger partial charge in [-0.25, -0.2) is 0 Å². The molecule has 1 aromatic heterocycles. The summed E-state index contributed by atoms with van der Waals surface area (Å²) in [6, 6.07) is 7.81. The van der Waals surface area contributed by atoms with E-state index >= 15 is 0 Å². The topological polar surface area (TPSA) is 49.6 Å². The van der Waals surface area contributed by atoms with Gasteiger partial charge in [-0.3, -0.25) is 4.98 Å². The highest BCUT2D eigenvalue weighted by Gasteiger charge is 1.98. The molecule has 0 saturated carbocycles. The van der Waals surface area contributed by atoms with Crippen molar-refractivity contribution in [3.05, 3.63) is 47.8 Å². The Hall–Kier alpha value is -2.23. The van der Waals surface area contributed by atoms with Crippen LogP contribution < -0.4 is 5.32 Å². The molecular weight excluding hydrogens is 224 g/mol. The van der Waals surface area contributed by atoms with Crippen LogP contribution in [0.4, 0.5) is 17.1 Å². The van der Waals surface area contributed by atoms with Crippen molar-refractivity contribution < 1.29 is 0 Å². The molecule has 1 aromatic carbocycles. The van der Waals surface area contributed by atoms with Crippen molar-refractivity contribution in [2.75, 3.05) is 12.4 Å². The fourth-order valence-electron chi connectivity index (χ4n) is 1.68. The van der Waals surface area contributed by atoms with E-state index in [4.69, 9.17) is 0 Å². The molecule has 0 unspecified atom stereocenters. The van der Waals surface area contributed by atoms with Crippen LogP contribution in [-0.2, 0) is 0 Å². The number of nitrogens with zero attached hydrogens (tertiary/aromatic N) is 3. The lowest BCUT2D eigenvalue weighted by Gasteiger charge is -2.04. The van der Waals surface area contributed by atoms with E-state index in [9.17, 15) is 0 Å². The van der Waals surface area contributed by atoms with Gasteiger partial charge in [-0.1, -0.05) is 0 Å². The molecule has 0 atom stereocenters. The van der Waals surface area contributed by atoms with Crippen molar-refractivity contribution in [2.45, 2.75) is 13.8 Å². The van der Waals surface area contributed by atoms with Crippen molar-refractivity contribution in [3.8, 4) is 0 Å². The molecule has 0 bridgehead atoms. The van der Waals surface area contributed by atoms with Crippen molar-refractivity contribution in [2.24, 2.45) is 10.2 Å². The van der Waals surface area contributed by atoms with Gasteiger partial charge in [0.25, 0.3) is 0 Å². The van der Waals surface area contributed by atoms with Crippen LogP contribution in [0.15, 0.2) is 46.9 Å². The first-order valence-corrected chi connectivity index (χ1v) is 5.81. The Morgan fingerprint density at radius 1 is 1.06 bits per heavy atom. The van der Waals surface area contributed by atoms with Gasteiger partial charge >= 0.3 is 0 Å². The molecule has 18 heavy (non-hydrogen) atoms. The SMILES string of the molecule is CNc1ccc(N=Nc2ccncc2C)cc1C. The van der Waals surface area contributed by atoms with Gasteiger partial charge in [-0.15, -0.1) is 0 Å². The number of azo groups is 1. The molecule has 0 aliphatic heterocycles. The normalized spacial score (nSPS) is 10.8. The number of pyridine rings is 1. The lowest BCUT2D eigenvalue weighted by Crippen LogP contribution is -1.89. The summed E-state index contributed by atoms with van der Waals surface area (Å²) < 4.78 is 0. The van der Waals surface area contributed by atoms with E-state index in [0.717, 1.165) is 28.2 Å². The highest BCUT2D eigenvalue weighted by atomic mass is 15.1. The minimum atomic E-state index is 0.848. The highest BCUT2D eigenvalue weighted by molar-refractivity contribution is 5.56. The predicted molar refractivity (Wildman–Crippen MR) is 73.9 cm³/mol. The minimum absolute atomic E-state index is 0.848. The third kappa shape index (κ3) is 2.71. The first-order valence-electron chi connectivity index (χ1n) is 5.81. The molecule has 0 aliphatic carbocycles. The first kappa shape index (κ1) is 12.2. The van der Waals surface area contributed by atoms with E-state index in [1.165, 1.54) is 0 Å². The van der Waals surface area contributed by atoms with Gasteiger partial charge in [0, 0.05) is 25.1 Å². The van der Waals surface area contributed by atoms with Gasteiger partial charge < -0.3 is 5.32 Å². The lowest BCUT2D eigenvalue weighted by atomic mass is 10.2. The van der Waals surface area contributed by atoms with E-state index in [0.29, 0.717) is 0 Å².